The van der Waals surface area contributed by atoms with Gasteiger partial charge in [0.05, 0.1) is 0 Å². The van der Waals surface area contributed by atoms with E-state index in [1.54, 1.807) is 0 Å². The van der Waals surface area contributed by atoms with Gasteiger partial charge in [0.1, 0.15) is 0 Å². The van der Waals surface area contributed by atoms with Crippen molar-refractivity contribution in [3.05, 3.63) is 158 Å². The van der Waals surface area contributed by atoms with Crippen LogP contribution in [0.4, 0.5) is 0 Å². The molecule has 0 aliphatic rings. The topological polar surface area (TPSA) is 0 Å². The van der Waals surface area contributed by atoms with Crippen molar-refractivity contribution in [1.82, 2.24) is 0 Å². The van der Waals surface area contributed by atoms with Crippen LogP contribution in [0, 0.1) is 0 Å². The van der Waals surface area contributed by atoms with Crippen molar-refractivity contribution in [2.75, 3.05) is 0 Å². The fraction of sp³-hybridized carbons (Fsp3) is 0. The predicted molar refractivity (Wildman–Crippen MR) is 184 cm³/mol. The second-order valence-corrected chi connectivity index (χ2v) is 11.4. The molecule has 45 heavy (non-hydrogen) atoms. The van der Waals surface area contributed by atoms with Gasteiger partial charge < -0.3 is 24.8 Å². The maximum absolute atomic E-state index is 2.32. The third-order valence-electron chi connectivity index (χ3n) is 8.87. The van der Waals surface area contributed by atoms with E-state index < -0.39 is 0 Å². The Kier molecular flexibility index (Phi) is 8.56. The van der Waals surface area contributed by atoms with Crippen LogP contribution in [0.15, 0.2) is 158 Å². The maximum atomic E-state index is 2.32. The minimum absolute atomic E-state index is 0. The van der Waals surface area contributed by atoms with E-state index in [0.717, 1.165) is 0 Å². The number of hydrogen-bond donors (Lipinski definition) is 0. The standard InChI is InChI=1S/2C21H13.2ClH.Zr/c2*1-3-7-16-12-20-18(9-14(16)5-1)11-19-10-15-6-2-4-8-17(15)13-21(19)20;;;/h2*1-13H;2*1H;/q2*-1;;;+4/p-2. The van der Waals surface area contributed by atoms with Crippen LogP contribution in [0.25, 0.3) is 86.2 Å². The summed E-state index contributed by atoms with van der Waals surface area (Å²) in [7, 11) is 0. The van der Waals surface area contributed by atoms with E-state index >= 15 is 0 Å². The molecule has 0 N–H and O–H groups in total. The van der Waals surface area contributed by atoms with Gasteiger partial charge in [0, 0.05) is 0 Å². The van der Waals surface area contributed by atoms with Crippen LogP contribution in [-0.2, 0) is 26.2 Å². The molecule has 0 spiro atoms. The van der Waals surface area contributed by atoms with E-state index in [1.807, 2.05) is 0 Å². The molecule has 10 aromatic carbocycles. The Labute approximate surface area is 292 Å². The Morgan fingerprint density at radius 2 is 0.444 bits per heavy atom. The van der Waals surface area contributed by atoms with Crippen LogP contribution < -0.4 is 24.8 Å². The van der Waals surface area contributed by atoms with Gasteiger partial charge in [0.15, 0.2) is 0 Å². The molecule has 0 amide bonds. The van der Waals surface area contributed by atoms with Gasteiger partial charge in [-0.2, -0.15) is 0 Å². The fourth-order valence-corrected chi connectivity index (χ4v) is 6.78. The Balaban J connectivity index is 0.000000149. The zero-order valence-electron chi connectivity index (χ0n) is 24.3. The summed E-state index contributed by atoms with van der Waals surface area (Å²) in [4.78, 5) is 0. The minimum atomic E-state index is 0. The van der Waals surface area contributed by atoms with Gasteiger partial charge in [-0.05, 0) is 21.5 Å². The molecule has 212 valence electrons. The van der Waals surface area contributed by atoms with Crippen molar-refractivity contribution in [1.29, 1.82) is 0 Å². The average Bonchev–Trinajstić information content (AvgIpc) is 3.56. The average molecular weight is 693 g/mol. The molecular weight excluding hydrogens is 667 g/mol. The first-order valence-electron chi connectivity index (χ1n) is 14.6. The van der Waals surface area contributed by atoms with Crippen LogP contribution in [0.3, 0.4) is 0 Å². The molecule has 0 aromatic heterocycles. The van der Waals surface area contributed by atoms with Gasteiger partial charge in [-0.1, -0.05) is 143 Å². The summed E-state index contributed by atoms with van der Waals surface area (Å²) in [5.41, 5.74) is 0. The molecule has 0 saturated heterocycles. The van der Waals surface area contributed by atoms with Crippen molar-refractivity contribution in [3.8, 4) is 0 Å². The van der Waals surface area contributed by atoms with Crippen molar-refractivity contribution in [2.24, 2.45) is 0 Å². The van der Waals surface area contributed by atoms with Gasteiger partial charge in [0.2, 0.25) is 0 Å². The smallest absolute Gasteiger partial charge is 1.00 e. The molecule has 10 rings (SSSR count). The van der Waals surface area contributed by atoms with Gasteiger partial charge in [-0.25, -0.2) is 0 Å². The zero-order valence-corrected chi connectivity index (χ0v) is 28.2. The summed E-state index contributed by atoms with van der Waals surface area (Å²) >= 11 is 0. The van der Waals surface area contributed by atoms with Gasteiger partial charge in [0.25, 0.3) is 0 Å². The van der Waals surface area contributed by atoms with Crippen molar-refractivity contribution < 1.29 is 51.0 Å². The molecule has 0 aliphatic heterocycles. The Bertz CT molecular complexity index is 2280. The third kappa shape index (κ3) is 5.34. The van der Waals surface area contributed by atoms with Crippen LogP contribution in [0.5, 0.6) is 0 Å². The molecule has 0 fully saturated rings. The SMILES string of the molecule is [Cl-].[Cl-].[Zr+4].c1ccc2cc3c(cc2c1)[cH-]c1cc2ccccc2cc13.c1ccc2cc3c(cc2c1)[cH-]c1cc2ccccc2cc13. The van der Waals surface area contributed by atoms with Gasteiger partial charge >= 0.3 is 26.2 Å². The van der Waals surface area contributed by atoms with E-state index in [2.05, 4.69) is 158 Å². The number of rotatable bonds is 0. The fourth-order valence-electron chi connectivity index (χ4n) is 6.78. The first-order valence-corrected chi connectivity index (χ1v) is 14.6. The normalized spacial score (nSPS) is 11.0. The number of hydrogen-bond acceptors (Lipinski definition) is 0. The quantitative estimate of drug-likeness (QED) is 0.170. The Morgan fingerprint density at radius 1 is 0.267 bits per heavy atom. The first kappa shape index (κ1) is 31.0. The van der Waals surface area contributed by atoms with E-state index in [-0.39, 0.29) is 51.0 Å². The molecule has 0 aliphatic carbocycles. The van der Waals surface area contributed by atoms with E-state index in [0.29, 0.717) is 0 Å². The molecule has 0 bridgehead atoms. The zero-order chi connectivity index (χ0) is 27.6. The monoisotopic (exact) mass is 690 g/mol. The molecule has 10 aromatic rings. The summed E-state index contributed by atoms with van der Waals surface area (Å²) in [6.45, 7) is 0. The molecule has 0 nitrogen and oxygen atoms in total. The van der Waals surface area contributed by atoms with Crippen LogP contribution in [0.2, 0.25) is 0 Å². The molecule has 0 heterocycles. The second kappa shape index (κ2) is 12.4. The molecule has 0 atom stereocenters. The first-order chi connectivity index (χ1) is 20.8. The summed E-state index contributed by atoms with van der Waals surface area (Å²) in [5.74, 6) is 0. The van der Waals surface area contributed by atoms with E-state index in [1.165, 1.54) is 86.2 Å². The summed E-state index contributed by atoms with van der Waals surface area (Å²) < 4.78 is 0. The van der Waals surface area contributed by atoms with E-state index in [9.17, 15) is 0 Å². The molecule has 0 saturated carbocycles. The van der Waals surface area contributed by atoms with Gasteiger partial charge in [-0.15, -0.1) is 79.5 Å². The summed E-state index contributed by atoms with van der Waals surface area (Å²) in [5, 5.41) is 21.2. The largest absolute Gasteiger partial charge is 4.00 e. The Hall–Kier alpha value is -4.00. The number of benzene rings is 8. The summed E-state index contributed by atoms with van der Waals surface area (Å²) in [6.07, 6.45) is 0. The Morgan fingerprint density at radius 3 is 0.644 bits per heavy atom. The maximum Gasteiger partial charge on any atom is 4.00 e. The number of halogens is 2. The van der Waals surface area contributed by atoms with Crippen molar-refractivity contribution in [3.63, 3.8) is 0 Å². The van der Waals surface area contributed by atoms with Gasteiger partial charge in [-0.3, -0.25) is 0 Å². The third-order valence-corrected chi connectivity index (χ3v) is 8.87. The molecule has 0 unspecified atom stereocenters. The molecule has 0 radical (unpaired) electrons. The number of fused-ring (bicyclic) bond motifs is 10. The minimum Gasteiger partial charge on any atom is -1.00 e. The second-order valence-electron chi connectivity index (χ2n) is 11.4. The van der Waals surface area contributed by atoms with E-state index in [4.69, 9.17) is 0 Å². The predicted octanol–water partition coefficient (Wildman–Crippen LogP) is 6.04. The van der Waals surface area contributed by atoms with Crippen molar-refractivity contribution in [2.45, 2.75) is 0 Å². The molecule has 3 heteroatoms. The summed E-state index contributed by atoms with van der Waals surface area (Å²) in [6, 6.07) is 57.4. The van der Waals surface area contributed by atoms with Crippen molar-refractivity contribution >= 4 is 86.2 Å². The van der Waals surface area contributed by atoms with Crippen LogP contribution >= 0.6 is 0 Å². The molecular formula is C42H26Cl2Zr. The van der Waals surface area contributed by atoms with Crippen LogP contribution in [0.1, 0.15) is 0 Å². The van der Waals surface area contributed by atoms with Crippen LogP contribution in [-0.4, -0.2) is 0 Å².